The van der Waals surface area contributed by atoms with E-state index < -0.39 is 53.3 Å². The Morgan fingerprint density at radius 1 is 0.588 bits per heavy atom. The van der Waals surface area contributed by atoms with Gasteiger partial charge < -0.3 is 24.4 Å². The summed E-state index contributed by atoms with van der Waals surface area (Å²) in [6.07, 6.45) is 1.90. The fourth-order valence-electron chi connectivity index (χ4n) is 3.50. The maximum absolute atomic E-state index is 7.00. The summed E-state index contributed by atoms with van der Waals surface area (Å²) in [6.45, 7) is 17.0. The Kier molecular flexibility index (Phi) is 11.9. The lowest BCUT2D eigenvalue weighted by molar-refractivity contribution is 0.222. The average Bonchev–Trinajstić information content (AvgIpc) is 2.73. The Morgan fingerprint density at radius 3 is 1.32 bits per heavy atom. The van der Waals surface area contributed by atoms with Crippen molar-refractivity contribution in [3.8, 4) is 0 Å². The number of rotatable bonds is 14. The molecule has 1 unspecified atom stereocenters. The van der Waals surface area contributed by atoms with Gasteiger partial charge in [-0.1, -0.05) is 60.7 Å². The second-order valence-electron chi connectivity index (χ2n) is 9.20. The molecule has 1 atom stereocenters. The van der Waals surface area contributed by atoms with Gasteiger partial charge in [-0.2, -0.15) is 0 Å². The quantitative estimate of drug-likeness (QED) is 0.246. The van der Waals surface area contributed by atoms with E-state index in [1.54, 1.807) is 0 Å². The van der Waals surface area contributed by atoms with Crippen molar-refractivity contribution >= 4 is 75.7 Å². The van der Waals surface area contributed by atoms with E-state index in [-0.39, 0.29) is 0 Å². The van der Waals surface area contributed by atoms with Crippen LogP contribution in [0, 0.1) is 0 Å². The van der Waals surface area contributed by atoms with E-state index >= 15 is 0 Å². The number of benzene rings is 2. The van der Waals surface area contributed by atoms with Crippen LogP contribution >= 0.6 is 12.0 Å². The second-order valence-corrected chi connectivity index (χ2v) is 27.1. The highest BCUT2D eigenvalue weighted by atomic mass is 32.2. The van der Waals surface area contributed by atoms with Crippen LogP contribution in [0.25, 0.3) is 0 Å². The van der Waals surface area contributed by atoms with Crippen molar-refractivity contribution in [2.45, 2.75) is 52.4 Å². The molecule has 0 aliphatic carbocycles. The summed E-state index contributed by atoms with van der Waals surface area (Å²) >= 11 is 1.28. The minimum absolute atomic E-state index is 0.944. The van der Waals surface area contributed by atoms with Crippen LogP contribution in [0.2, 0.25) is 52.4 Å². The minimum Gasteiger partial charge on any atom is -0.416 e. The zero-order valence-corrected chi connectivity index (χ0v) is 29.1. The van der Waals surface area contributed by atoms with E-state index in [0.29, 0.717) is 0 Å². The molecular weight excluding hydrogens is 549 g/mol. The van der Waals surface area contributed by atoms with E-state index in [2.05, 4.69) is 51.4 Å². The SMILES string of the molecule is CSO[Si](O[SiH](C)C)(O[Si](C)(C)O[Si](O[SiH](C)C)(O[SiH](C)C)c1ccccc1)c1ccccc1. The molecule has 0 spiro atoms. The lowest BCUT2D eigenvalue weighted by Gasteiger charge is -2.42. The lowest BCUT2D eigenvalue weighted by Crippen LogP contribution is -2.69. The first-order valence-corrected chi connectivity index (χ1v) is 27.5. The first-order chi connectivity index (χ1) is 15.9. The molecule has 190 valence electrons. The molecule has 0 heterocycles. The summed E-state index contributed by atoms with van der Waals surface area (Å²) in [5, 5.41) is 1.93. The fourth-order valence-corrected chi connectivity index (χ4v) is 25.3. The molecule has 13 heteroatoms. The third-order valence-electron chi connectivity index (χ3n) is 4.38. The maximum Gasteiger partial charge on any atom is 0.528 e. The normalized spacial score (nSPS) is 14.7. The van der Waals surface area contributed by atoms with E-state index in [0.717, 1.165) is 10.4 Å². The van der Waals surface area contributed by atoms with Crippen LogP contribution < -0.4 is 10.4 Å². The highest BCUT2D eigenvalue weighted by molar-refractivity contribution is 7.94. The zero-order chi connectivity index (χ0) is 25.4. The molecule has 0 N–H and O–H groups in total. The van der Waals surface area contributed by atoms with Crippen molar-refractivity contribution < 1.29 is 24.4 Å². The molecule has 6 nitrogen and oxygen atoms in total. The highest BCUT2D eigenvalue weighted by Gasteiger charge is 2.55. The van der Waals surface area contributed by atoms with Gasteiger partial charge in [0.1, 0.15) is 0 Å². The molecule has 0 bridgehead atoms. The first kappa shape index (κ1) is 30.1. The summed E-state index contributed by atoms with van der Waals surface area (Å²) in [7, 11) is -13.9. The highest BCUT2D eigenvalue weighted by Crippen LogP contribution is 2.27. The van der Waals surface area contributed by atoms with Crippen molar-refractivity contribution in [3.63, 3.8) is 0 Å². The Bertz CT molecular complexity index is 851. The molecule has 0 aromatic heterocycles. The predicted molar refractivity (Wildman–Crippen MR) is 158 cm³/mol. The molecule has 0 saturated heterocycles. The van der Waals surface area contributed by atoms with Crippen LogP contribution in [-0.4, -0.2) is 59.5 Å². The summed E-state index contributed by atoms with van der Waals surface area (Å²) in [5.41, 5.74) is 0. The molecule has 0 aliphatic rings. The Labute approximate surface area is 218 Å². The van der Waals surface area contributed by atoms with Gasteiger partial charge in [-0.15, -0.1) is 0 Å². The van der Waals surface area contributed by atoms with Crippen LogP contribution in [0.15, 0.2) is 60.7 Å². The molecule has 34 heavy (non-hydrogen) atoms. The van der Waals surface area contributed by atoms with Gasteiger partial charge in [-0.05, 0) is 64.4 Å². The summed E-state index contributed by atoms with van der Waals surface area (Å²) in [5.74, 6) is 0. The third-order valence-corrected chi connectivity index (χ3v) is 23.5. The van der Waals surface area contributed by atoms with E-state index in [1.807, 2.05) is 67.9 Å². The molecule has 0 aliphatic heterocycles. The van der Waals surface area contributed by atoms with Crippen LogP contribution in [-0.2, 0) is 24.4 Å². The molecule has 0 radical (unpaired) electrons. The molecule has 0 saturated carbocycles. The van der Waals surface area contributed by atoms with Gasteiger partial charge in [-0.3, -0.25) is 0 Å². The fraction of sp³-hybridized carbons (Fsp3) is 0.429. The monoisotopic (exact) mass is 588 g/mol. The molecule has 0 fully saturated rings. The summed E-state index contributed by atoms with van der Waals surface area (Å²) in [4.78, 5) is 0. The lowest BCUT2D eigenvalue weighted by atomic mass is 10.4. The van der Waals surface area contributed by atoms with Gasteiger partial charge in [0.05, 0.1) is 0 Å². The van der Waals surface area contributed by atoms with Crippen LogP contribution in [0.1, 0.15) is 0 Å². The van der Waals surface area contributed by atoms with Crippen LogP contribution in [0.5, 0.6) is 0 Å². The predicted octanol–water partition coefficient (Wildman–Crippen LogP) is 3.71. The Balaban J connectivity index is 2.55. The average molecular weight is 589 g/mol. The van der Waals surface area contributed by atoms with Crippen molar-refractivity contribution in [2.75, 3.05) is 6.26 Å². The van der Waals surface area contributed by atoms with Gasteiger partial charge in [0.15, 0.2) is 27.1 Å². The maximum atomic E-state index is 7.00. The minimum atomic E-state index is -3.26. The van der Waals surface area contributed by atoms with E-state index in [4.69, 9.17) is 24.4 Å². The molecule has 2 aromatic carbocycles. The zero-order valence-electron chi connectivity index (χ0n) is 21.9. The second kappa shape index (κ2) is 13.4. The topological polar surface area (TPSA) is 55.4 Å². The van der Waals surface area contributed by atoms with Gasteiger partial charge >= 0.3 is 26.2 Å². The van der Waals surface area contributed by atoms with Gasteiger partial charge in [0.2, 0.25) is 0 Å². The van der Waals surface area contributed by atoms with Gasteiger partial charge in [0, 0.05) is 16.6 Å². The van der Waals surface area contributed by atoms with Crippen molar-refractivity contribution in [1.29, 1.82) is 0 Å². The van der Waals surface area contributed by atoms with Gasteiger partial charge in [0.25, 0.3) is 0 Å². The molecule has 2 aromatic rings. The van der Waals surface area contributed by atoms with Crippen molar-refractivity contribution in [2.24, 2.45) is 0 Å². The standard InChI is InChI=1S/C21H40O6SSi6/c1-28-22-33(23-29(2)3,20-16-12-10-13-17-20)26-32(8,9)27-34(24-30(4)5,25-31(6)7)21-18-14-11-15-19-21/h10-19,29-31H,1-9H3. The summed E-state index contributed by atoms with van der Waals surface area (Å²) < 4.78 is 40.2. The van der Waals surface area contributed by atoms with Crippen LogP contribution in [0.4, 0.5) is 0 Å². The van der Waals surface area contributed by atoms with E-state index in [9.17, 15) is 0 Å². The van der Waals surface area contributed by atoms with Crippen molar-refractivity contribution in [1.82, 2.24) is 0 Å². The van der Waals surface area contributed by atoms with E-state index in [1.165, 1.54) is 12.0 Å². The Hall–Kier alpha value is -0.149. The molecular formula is C21H40O6SSi6. The third kappa shape index (κ3) is 8.75. The largest absolute Gasteiger partial charge is 0.528 e. The number of hydrogen-bond acceptors (Lipinski definition) is 7. The van der Waals surface area contributed by atoms with Gasteiger partial charge in [-0.25, -0.2) is 0 Å². The van der Waals surface area contributed by atoms with Crippen molar-refractivity contribution in [3.05, 3.63) is 60.7 Å². The molecule has 0 amide bonds. The molecule has 2 rings (SSSR count). The van der Waals surface area contributed by atoms with Crippen LogP contribution in [0.3, 0.4) is 0 Å². The summed E-state index contributed by atoms with van der Waals surface area (Å²) in [6, 6.07) is 20.2. The smallest absolute Gasteiger partial charge is 0.416 e. The first-order valence-electron chi connectivity index (χ1n) is 11.7. The Morgan fingerprint density at radius 2 is 0.941 bits per heavy atom. The number of hydrogen-bond donors (Lipinski definition) is 0.